The second-order valence-corrected chi connectivity index (χ2v) is 11.2. The summed E-state index contributed by atoms with van der Waals surface area (Å²) in [6.45, 7) is 10.0. The number of pyridine rings is 1. The van der Waals surface area contributed by atoms with Crippen LogP contribution in [0.2, 0.25) is 0 Å². The number of piperidine rings is 2. The molecule has 4 heterocycles. The number of aliphatic hydroxyl groups is 1. The zero-order valence-corrected chi connectivity index (χ0v) is 22.8. The topological polar surface area (TPSA) is 111 Å². The monoisotopic (exact) mass is 516 g/mol. The van der Waals surface area contributed by atoms with Crippen molar-refractivity contribution < 1.29 is 9.90 Å². The zero-order valence-electron chi connectivity index (χ0n) is 22.8. The van der Waals surface area contributed by atoms with Gasteiger partial charge in [-0.2, -0.15) is 0 Å². The third-order valence-electron chi connectivity index (χ3n) is 8.14. The van der Waals surface area contributed by atoms with E-state index in [9.17, 15) is 9.90 Å². The first-order chi connectivity index (χ1) is 18.3. The fourth-order valence-electron chi connectivity index (χ4n) is 6.12. The molecule has 0 spiro atoms. The van der Waals surface area contributed by atoms with Crippen molar-refractivity contribution in [3.63, 3.8) is 0 Å². The molecule has 5 rings (SSSR count). The number of benzene rings is 1. The number of fused-ring (bicyclic) bond motifs is 1. The Morgan fingerprint density at radius 2 is 2.03 bits per heavy atom. The van der Waals surface area contributed by atoms with Crippen molar-refractivity contribution in [1.82, 2.24) is 19.8 Å². The summed E-state index contributed by atoms with van der Waals surface area (Å²) in [7, 11) is 0. The molecular formula is C30H40N6O2. The molecule has 0 bridgehead atoms. The third kappa shape index (κ3) is 5.47. The van der Waals surface area contributed by atoms with E-state index in [0.29, 0.717) is 30.7 Å². The Morgan fingerprint density at radius 3 is 2.71 bits per heavy atom. The van der Waals surface area contributed by atoms with Gasteiger partial charge in [-0.15, -0.1) is 0 Å². The van der Waals surface area contributed by atoms with Gasteiger partial charge >= 0.3 is 0 Å². The van der Waals surface area contributed by atoms with Crippen molar-refractivity contribution in [1.29, 1.82) is 0 Å². The minimum Gasteiger partial charge on any atom is -0.391 e. The molecule has 202 valence electrons. The maximum atomic E-state index is 12.8. The quantitative estimate of drug-likeness (QED) is 0.331. The van der Waals surface area contributed by atoms with Gasteiger partial charge in [0.1, 0.15) is 0 Å². The van der Waals surface area contributed by atoms with Crippen molar-refractivity contribution in [3.8, 4) is 11.3 Å². The van der Waals surface area contributed by atoms with Crippen molar-refractivity contribution >= 4 is 29.0 Å². The highest BCUT2D eigenvalue weighted by Crippen LogP contribution is 2.38. The maximum Gasteiger partial charge on any atom is 0.236 e. The first-order valence-electron chi connectivity index (χ1n) is 13.9. The Hall–Kier alpha value is -3.23. The number of nitrogens with two attached hydrogens (primary N) is 1. The van der Waals surface area contributed by atoms with E-state index in [1.165, 1.54) is 22.9 Å². The molecule has 2 saturated heterocycles. The number of carbonyl (C=O) groups is 1. The number of amides is 1. The van der Waals surface area contributed by atoms with Crippen molar-refractivity contribution in [2.45, 2.75) is 64.4 Å². The maximum absolute atomic E-state index is 12.8. The van der Waals surface area contributed by atoms with E-state index < -0.39 is 0 Å². The molecule has 8 heteroatoms. The first kappa shape index (κ1) is 26.4. The number of hydrogen-bond donors (Lipinski definition) is 3. The summed E-state index contributed by atoms with van der Waals surface area (Å²) in [6, 6.07) is 8.97. The molecule has 2 aliphatic rings. The van der Waals surface area contributed by atoms with Gasteiger partial charge in [0.2, 0.25) is 5.91 Å². The molecule has 0 saturated carbocycles. The van der Waals surface area contributed by atoms with Gasteiger partial charge in [-0.25, -0.2) is 9.98 Å². The van der Waals surface area contributed by atoms with Gasteiger partial charge in [-0.3, -0.25) is 9.69 Å². The third-order valence-corrected chi connectivity index (χ3v) is 8.14. The summed E-state index contributed by atoms with van der Waals surface area (Å²) >= 11 is 0. The van der Waals surface area contributed by atoms with Crippen LogP contribution in [0.25, 0.3) is 22.2 Å². The Kier molecular flexibility index (Phi) is 7.81. The number of β-amino-alcohol motifs (C(OH)–C–C–N with tert-alkyl or cyclic N) is 1. The van der Waals surface area contributed by atoms with Crippen LogP contribution in [0.1, 0.15) is 68.1 Å². The largest absolute Gasteiger partial charge is 0.391 e. The minimum atomic E-state index is -0.372. The number of aryl methyl sites for hydroxylation is 1. The fraction of sp³-hybridized carbons (Fsp3) is 0.500. The highest BCUT2D eigenvalue weighted by Gasteiger charge is 2.27. The van der Waals surface area contributed by atoms with Crippen molar-refractivity contribution in [2.24, 2.45) is 10.7 Å². The van der Waals surface area contributed by atoms with E-state index in [-0.39, 0.29) is 12.0 Å². The average Bonchev–Trinajstić information content (AvgIpc) is 3.29. The van der Waals surface area contributed by atoms with Crippen molar-refractivity contribution in [3.05, 3.63) is 47.2 Å². The summed E-state index contributed by atoms with van der Waals surface area (Å²) in [5, 5.41) is 11.2. The molecule has 1 amide bonds. The normalized spacial score (nSPS) is 19.7. The predicted octanol–water partition coefficient (Wildman–Crippen LogP) is 4.44. The number of rotatable bonds is 6. The summed E-state index contributed by atoms with van der Waals surface area (Å²) < 4.78 is 0. The Balaban J connectivity index is 1.32. The Labute approximate surface area is 225 Å². The van der Waals surface area contributed by atoms with E-state index in [4.69, 9.17) is 5.73 Å². The van der Waals surface area contributed by atoms with Gasteiger partial charge in [0.05, 0.1) is 24.7 Å². The summed E-state index contributed by atoms with van der Waals surface area (Å²) in [4.78, 5) is 29.2. The van der Waals surface area contributed by atoms with Gasteiger partial charge < -0.3 is 20.7 Å². The molecule has 2 aliphatic heterocycles. The summed E-state index contributed by atoms with van der Waals surface area (Å²) in [5.74, 6) is 1.62. The summed E-state index contributed by atoms with van der Waals surface area (Å²) in [6.07, 6.45) is 6.55. The number of aromatic amines is 1. The standard InChI is InChI=1S/C30H40N6O2/c1-19(2)28-25-14-22(6-7-26(25)34-29(28)23-13-20(3)30(32-15-23)33-18-31)21-8-11-35(12-9-21)17-27(38)36-10-4-5-24(37)16-36/h6-7,13-15,18-19,21,24,34,37H,4-5,8-12,16-17H2,1-3H3,(H2,31,32,33)/t24-/m0/s1. The number of H-pyrrole nitrogens is 1. The number of aliphatic imine (C=N–C) groups is 1. The molecule has 2 aromatic heterocycles. The highest BCUT2D eigenvalue weighted by molar-refractivity contribution is 5.92. The zero-order chi connectivity index (χ0) is 26.8. The molecule has 4 N–H and O–H groups in total. The van der Waals surface area contributed by atoms with Gasteiger partial charge in [0.25, 0.3) is 0 Å². The second kappa shape index (κ2) is 11.3. The van der Waals surface area contributed by atoms with Gasteiger partial charge in [0, 0.05) is 35.8 Å². The molecule has 38 heavy (non-hydrogen) atoms. The smallest absolute Gasteiger partial charge is 0.236 e. The molecule has 3 aromatic rings. The lowest BCUT2D eigenvalue weighted by Crippen LogP contribution is -2.47. The number of aromatic nitrogens is 2. The van der Waals surface area contributed by atoms with E-state index in [0.717, 1.165) is 67.7 Å². The average molecular weight is 517 g/mol. The number of likely N-dealkylation sites (tertiary alicyclic amines) is 2. The van der Waals surface area contributed by atoms with E-state index in [1.54, 1.807) is 0 Å². The predicted molar refractivity (Wildman–Crippen MR) is 153 cm³/mol. The first-order valence-corrected chi connectivity index (χ1v) is 13.9. The van der Waals surface area contributed by atoms with Crippen molar-refractivity contribution in [2.75, 3.05) is 32.7 Å². The Bertz CT molecular complexity index is 1320. The lowest BCUT2D eigenvalue weighted by Gasteiger charge is -2.35. The Morgan fingerprint density at radius 1 is 1.24 bits per heavy atom. The molecule has 1 aromatic carbocycles. The molecule has 1 atom stereocenters. The van der Waals surface area contributed by atoms with Crippen LogP contribution in [0.5, 0.6) is 0 Å². The van der Waals surface area contributed by atoms with Crippen LogP contribution in [0.4, 0.5) is 5.82 Å². The van der Waals surface area contributed by atoms with E-state index in [2.05, 4.69) is 58.0 Å². The van der Waals surface area contributed by atoms with Gasteiger partial charge in [-0.1, -0.05) is 19.9 Å². The van der Waals surface area contributed by atoms with Gasteiger partial charge in [0.15, 0.2) is 5.82 Å². The molecular weight excluding hydrogens is 476 g/mol. The number of hydrogen-bond acceptors (Lipinski definition) is 5. The molecule has 2 fully saturated rings. The van der Waals surface area contributed by atoms with Crippen LogP contribution in [0.15, 0.2) is 35.5 Å². The van der Waals surface area contributed by atoms with Crippen LogP contribution >= 0.6 is 0 Å². The van der Waals surface area contributed by atoms with E-state index in [1.807, 2.05) is 18.0 Å². The molecule has 0 unspecified atom stereocenters. The van der Waals surface area contributed by atoms with Crippen LogP contribution in [-0.2, 0) is 4.79 Å². The van der Waals surface area contributed by atoms with Crippen LogP contribution in [-0.4, -0.2) is 75.9 Å². The lowest BCUT2D eigenvalue weighted by atomic mass is 9.87. The summed E-state index contributed by atoms with van der Waals surface area (Å²) in [5.41, 5.74) is 12.4. The number of aliphatic hydroxyl groups excluding tert-OH is 1. The molecule has 0 radical (unpaired) electrons. The molecule has 8 nitrogen and oxygen atoms in total. The SMILES string of the molecule is Cc1cc(-c2[nH]c3ccc(C4CCN(CC(=O)N5CCC[C@H](O)C5)CC4)cc3c2C(C)C)cnc1N=CN. The number of nitrogens with zero attached hydrogens (tertiary/aromatic N) is 4. The minimum absolute atomic E-state index is 0.151. The highest BCUT2D eigenvalue weighted by atomic mass is 16.3. The van der Waals surface area contributed by atoms with Gasteiger partial charge in [-0.05, 0) is 92.4 Å². The fourth-order valence-corrected chi connectivity index (χ4v) is 6.12. The number of nitrogens with one attached hydrogen (secondary N) is 1. The van der Waals surface area contributed by atoms with Crippen LogP contribution in [0, 0.1) is 6.92 Å². The van der Waals surface area contributed by atoms with Crippen LogP contribution in [0.3, 0.4) is 0 Å². The molecule has 0 aliphatic carbocycles. The second-order valence-electron chi connectivity index (χ2n) is 11.2. The van der Waals surface area contributed by atoms with E-state index >= 15 is 0 Å². The lowest BCUT2D eigenvalue weighted by molar-refractivity contribution is -0.135. The number of carbonyl (C=O) groups excluding carboxylic acids is 1. The van der Waals surface area contributed by atoms with Crippen LogP contribution < -0.4 is 5.73 Å².